The molecule has 2 aromatic carbocycles. The molecule has 3 aromatic rings. The van der Waals surface area contributed by atoms with Crippen molar-refractivity contribution < 1.29 is 9.38 Å². The molecule has 0 fully saturated rings. The Morgan fingerprint density at radius 1 is 1.04 bits per heavy atom. The SMILES string of the molecule is C[N+](C)([O-])CCCOc1nn(Cc2ccccc2)c2ccccc12.Cl. The van der Waals surface area contributed by atoms with E-state index in [1.54, 1.807) is 14.1 Å². The van der Waals surface area contributed by atoms with Crippen LogP contribution in [0.5, 0.6) is 5.88 Å². The minimum absolute atomic E-state index is 0. The molecular formula is C19H24ClN3O2. The van der Waals surface area contributed by atoms with E-state index in [4.69, 9.17) is 4.74 Å². The third-order valence-electron chi connectivity index (χ3n) is 3.88. The van der Waals surface area contributed by atoms with E-state index < -0.39 is 0 Å². The maximum atomic E-state index is 11.6. The van der Waals surface area contributed by atoms with Gasteiger partial charge in [-0.05, 0) is 17.7 Å². The summed E-state index contributed by atoms with van der Waals surface area (Å²) in [6.07, 6.45) is 0.705. The Labute approximate surface area is 154 Å². The zero-order valence-corrected chi connectivity index (χ0v) is 15.4. The summed E-state index contributed by atoms with van der Waals surface area (Å²) in [6, 6.07) is 18.3. The van der Waals surface area contributed by atoms with Crippen LogP contribution in [0.1, 0.15) is 12.0 Å². The molecule has 5 nitrogen and oxygen atoms in total. The summed E-state index contributed by atoms with van der Waals surface area (Å²) in [5, 5.41) is 17.2. The third kappa shape index (κ3) is 5.19. The van der Waals surface area contributed by atoms with Crippen LogP contribution < -0.4 is 4.74 Å². The van der Waals surface area contributed by atoms with Gasteiger partial charge >= 0.3 is 0 Å². The van der Waals surface area contributed by atoms with Crippen molar-refractivity contribution in [3.8, 4) is 5.88 Å². The van der Waals surface area contributed by atoms with E-state index in [1.165, 1.54) is 5.56 Å². The monoisotopic (exact) mass is 361 g/mol. The van der Waals surface area contributed by atoms with Gasteiger partial charge in [-0.25, -0.2) is 0 Å². The standard InChI is InChI=1S/C19H23N3O2.ClH/c1-22(2,23)13-8-14-24-19-17-11-6-7-12-18(17)21(20-19)15-16-9-4-3-5-10-16;/h3-7,9-12H,8,13-15H2,1-2H3;1H. The maximum absolute atomic E-state index is 11.6. The van der Waals surface area contributed by atoms with E-state index in [0.29, 0.717) is 32.0 Å². The molecule has 1 aromatic heterocycles. The van der Waals surface area contributed by atoms with E-state index >= 15 is 0 Å². The first-order valence-electron chi connectivity index (χ1n) is 8.19. The van der Waals surface area contributed by atoms with Gasteiger partial charge in [0.05, 0.1) is 44.7 Å². The summed E-state index contributed by atoms with van der Waals surface area (Å²) in [5.74, 6) is 0.637. The van der Waals surface area contributed by atoms with Gasteiger partial charge in [0.15, 0.2) is 0 Å². The first kappa shape index (κ1) is 19.2. The van der Waals surface area contributed by atoms with E-state index in [0.717, 1.165) is 10.9 Å². The smallest absolute Gasteiger partial charge is 0.240 e. The molecule has 3 rings (SSSR count). The Bertz CT molecular complexity index is 797. The zero-order valence-electron chi connectivity index (χ0n) is 14.6. The zero-order chi connectivity index (χ0) is 17.0. The molecule has 1 heterocycles. The molecule has 0 N–H and O–H groups in total. The number of nitrogens with zero attached hydrogens (tertiary/aromatic N) is 3. The number of quaternary nitrogens is 1. The minimum Gasteiger partial charge on any atom is -0.633 e. The molecular weight excluding hydrogens is 338 g/mol. The molecule has 25 heavy (non-hydrogen) atoms. The van der Waals surface area contributed by atoms with Crippen LogP contribution in [0.3, 0.4) is 0 Å². The lowest BCUT2D eigenvalue weighted by Crippen LogP contribution is -2.33. The summed E-state index contributed by atoms with van der Waals surface area (Å²) < 4.78 is 7.52. The van der Waals surface area contributed by atoms with Gasteiger partial charge in [-0.1, -0.05) is 42.5 Å². The van der Waals surface area contributed by atoms with Gasteiger partial charge in [-0.2, -0.15) is 0 Å². The molecule has 0 amide bonds. The molecule has 6 heteroatoms. The van der Waals surface area contributed by atoms with Crippen molar-refractivity contribution in [1.82, 2.24) is 9.78 Å². The van der Waals surface area contributed by atoms with Crippen LogP contribution in [-0.4, -0.2) is 41.7 Å². The van der Waals surface area contributed by atoms with E-state index in [2.05, 4.69) is 23.3 Å². The average molecular weight is 362 g/mol. The number of halogens is 1. The largest absolute Gasteiger partial charge is 0.633 e. The lowest BCUT2D eigenvalue weighted by molar-refractivity contribution is -0.840. The van der Waals surface area contributed by atoms with Gasteiger partial charge in [-0.3, -0.25) is 4.68 Å². The van der Waals surface area contributed by atoms with Crippen LogP contribution in [-0.2, 0) is 6.54 Å². The number of hydrogen-bond acceptors (Lipinski definition) is 3. The summed E-state index contributed by atoms with van der Waals surface area (Å²) in [6.45, 7) is 1.73. The molecule has 0 atom stereocenters. The number of aromatic nitrogens is 2. The van der Waals surface area contributed by atoms with Crippen LogP contribution >= 0.6 is 12.4 Å². The number of hydroxylamine groups is 3. The Kier molecular flexibility index (Phi) is 6.42. The second-order valence-electron chi connectivity index (χ2n) is 6.47. The number of fused-ring (bicyclic) bond motifs is 1. The fraction of sp³-hybridized carbons (Fsp3) is 0.316. The van der Waals surface area contributed by atoms with Crippen LogP contribution in [0.4, 0.5) is 0 Å². The van der Waals surface area contributed by atoms with Crippen molar-refractivity contribution in [2.75, 3.05) is 27.2 Å². The van der Waals surface area contributed by atoms with E-state index in [1.807, 2.05) is 41.1 Å². The summed E-state index contributed by atoms with van der Waals surface area (Å²) in [5.41, 5.74) is 2.25. The number of ether oxygens (including phenoxy) is 1. The highest BCUT2D eigenvalue weighted by Crippen LogP contribution is 2.25. The maximum Gasteiger partial charge on any atom is 0.240 e. The number of para-hydroxylation sites is 1. The number of benzene rings is 2. The van der Waals surface area contributed by atoms with Gasteiger partial charge in [0.2, 0.25) is 5.88 Å². The Morgan fingerprint density at radius 3 is 2.44 bits per heavy atom. The topological polar surface area (TPSA) is 50.1 Å². The molecule has 0 aliphatic carbocycles. The normalized spacial score (nSPS) is 11.3. The summed E-state index contributed by atoms with van der Waals surface area (Å²) >= 11 is 0. The van der Waals surface area contributed by atoms with Crippen molar-refractivity contribution in [2.45, 2.75) is 13.0 Å². The predicted octanol–water partition coefficient (Wildman–Crippen LogP) is 3.85. The third-order valence-corrected chi connectivity index (χ3v) is 3.88. The molecule has 0 spiro atoms. The van der Waals surface area contributed by atoms with Gasteiger partial charge in [0.25, 0.3) is 0 Å². The fourth-order valence-corrected chi connectivity index (χ4v) is 2.69. The van der Waals surface area contributed by atoms with Crippen LogP contribution in [0.15, 0.2) is 54.6 Å². The first-order chi connectivity index (χ1) is 11.5. The Morgan fingerprint density at radius 2 is 1.72 bits per heavy atom. The van der Waals surface area contributed by atoms with Gasteiger partial charge in [0.1, 0.15) is 0 Å². The molecule has 134 valence electrons. The average Bonchev–Trinajstić information content (AvgIpc) is 2.90. The molecule has 0 aliphatic rings. The van der Waals surface area contributed by atoms with Crippen molar-refractivity contribution in [2.24, 2.45) is 0 Å². The first-order valence-corrected chi connectivity index (χ1v) is 8.19. The van der Waals surface area contributed by atoms with Gasteiger partial charge < -0.3 is 14.6 Å². The van der Waals surface area contributed by atoms with Gasteiger partial charge in [-0.15, -0.1) is 17.5 Å². The fourth-order valence-electron chi connectivity index (χ4n) is 2.69. The number of hydrogen-bond donors (Lipinski definition) is 0. The molecule has 0 aliphatic heterocycles. The lowest BCUT2D eigenvalue weighted by Gasteiger charge is -2.33. The molecule has 0 unspecified atom stereocenters. The van der Waals surface area contributed by atoms with Crippen molar-refractivity contribution in [3.63, 3.8) is 0 Å². The number of rotatable bonds is 7. The molecule has 0 saturated heterocycles. The van der Waals surface area contributed by atoms with Crippen LogP contribution in [0.2, 0.25) is 0 Å². The minimum atomic E-state index is -0.299. The van der Waals surface area contributed by atoms with E-state index in [-0.39, 0.29) is 17.1 Å². The Balaban J connectivity index is 0.00000225. The Hall–Kier alpha value is -2.08. The molecule has 0 radical (unpaired) electrons. The van der Waals surface area contributed by atoms with Crippen molar-refractivity contribution >= 4 is 23.3 Å². The highest BCUT2D eigenvalue weighted by molar-refractivity contribution is 5.85. The second-order valence-corrected chi connectivity index (χ2v) is 6.47. The van der Waals surface area contributed by atoms with Crippen molar-refractivity contribution in [1.29, 1.82) is 0 Å². The van der Waals surface area contributed by atoms with Gasteiger partial charge in [0, 0.05) is 6.42 Å². The second kappa shape index (κ2) is 8.34. The molecule has 0 bridgehead atoms. The van der Waals surface area contributed by atoms with Crippen LogP contribution in [0, 0.1) is 5.21 Å². The lowest BCUT2D eigenvalue weighted by atomic mass is 10.2. The van der Waals surface area contributed by atoms with E-state index in [9.17, 15) is 5.21 Å². The molecule has 0 saturated carbocycles. The quantitative estimate of drug-likeness (QED) is 0.365. The van der Waals surface area contributed by atoms with Crippen molar-refractivity contribution in [3.05, 3.63) is 65.4 Å². The highest BCUT2D eigenvalue weighted by Gasteiger charge is 2.12. The predicted molar refractivity (Wildman–Crippen MR) is 103 cm³/mol. The van der Waals surface area contributed by atoms with Crippen LogP contribution in [0.25, 0.3) is 10.9 Å². The highest BCUT2D eigenvalue weighted by atomic mass is 35.5. The summed E-state index contributed by atoms with van der Waals surface area (Å²) in [4.78, 5) is 0. The summed E-state index contributed by atoms with van der Waals surface area (Å²) in [7, 11) is 3.29.